The number of anilines is 1. The molecule has 0 aliphatic heterocycles. The minimum Gasteiger partial charge on any atom is -0.387 e. The van der Waals surface area contributed by atoms with Gasteiger partial charge >= 0.3 is 0 Å². The molecule has 4 rings (SSSR count). The maximum Gasteiger partial charge on any atom is 0.204 e. The third kappa shape index (κ3) is 3.83. The number of aliphatic hydroxyl groups excluding tert-OH is 1. The number of para-hydroxylation sites is 2. The van der Waals surface area contributed by atoms with Gasteiger partial charge < -0.3 is 15.0 Å². The van der Waals surface area contributed by atoms with Crippen molar-refractivity contribution in [1.82, 2.24) is 9.55 Å². The van der Waals surface area contributed by atoms with Crippen LogP contribution in [0.4, 0.5) is 10.3 Å². The van der Waals surface area contributed by atoms with E-state index in [1.165, 1.54) is 12.1 Å². The van der Waals surface area contributed by atoms with Crippen LogP contribution in [-0.4, -0.2) is 14.7 Å². The van der Waals surface area contributed by atoms with Gasteiger partial charge in [0.25, 0.3) is 0 Å². The van der Waals surface area contributed by atoms with Gasteiger partial charge in [-0.15, -0.1) is 0 Å². The SMILES string of the molecule is OC(Cn1c(NCc2ccccc2)nc2ccccc21)c1cccc(F)c1. The molecule has 0 fully saturated rings. The summed E-state index contributed by atoms with van der Waals surface area (Å²) in [6.45, 7) is 0.904. The van der Waals surface area contributed by atoms with Crippen molar-refractivity contribution in [3.8, 4) is 0 Å². The maximum atomic E-state index is 13.5. The van der Waals surface area contributed by atoms with E-state index >= 15 is 0 Å². The molecule has 0 saturated heterocycles. The average Bonchev–Trinajstić information content (AvgIpc) is 3.05. The van der Waals surface area contributed by atoms with Crippen molar-refractivity contribution in [2.45, 2.75) is 19.2 Å². The molecule has 1 unspecified atom stereocenters. The Kier molecular flexibility index (Phi) is 4.85. The van der Waals surface area contributed by atoms with Crippen molar-refractivity contribution in [1.29, 1.82) is 0 Å². The van der Waals surface area contributed by atoms with E-state index in [1.807, 2.05) is 59.2 Å². The van der Waals surface area contributed by atoms with E-state index in [1.54, 1.807) is 12.1 Å². The van der Waals surface area contributed by atoms with Crippen molar-refractivity contribution < 1.29 is 9.50 Å². The van der Waals surface area contributed by atoms with Gasteiger partial charge in [-0.1, -0.05) is 54.6 Å². The Morgan fingerprint density at radius 1 is 0.963 bits per heavy atom. The van der Waals surface area contributed by atoms with Crippen LogP contribution < -0.4 is 5.32 Å². The Morgan fingerprint density at radius 3 is 2.56 bits per heavy atom. The van der Waals surface area contributed by atoms with E-state index in [-0.39, 0.29) is 12.4 Å². The largest absolute Gasteiger partial charge is 0.387 e. The Balaban J connectivity index is 1.63. The van der Waals surface area contributed by atoms with Crippen LogP contribution in [0.2, 0.25) is 0 Å². The van der Waals surface area contributed by atoms with Crippen LogP contribution in [0.1, 0.15) is 17.2 Å². The van der Waals surface area contributed by atoms with Crippen molar-refractivity contribution >= 4 is 17.0 Å². The van der Waals surface area contributed by atoms with Gasteiger partial charge in [0.05, 0.1) is 23.7 Å². The highest BCUT2D eigenvalue weighted by atomic mass is 19.1. The standard InChI is InChI=1S/C22H20FN3O/c23-18-10-6-9-17(13-18)21(27)15-26-20-12-5-4-11-19(20)25-22(26)24-14-16-7-2-1-3-8-16/h1-13,21,27H,14-15H2,(H,24,25). The van der Waals surface area contributed by atoms with Crippen LogP contribution >= 0.6 is 0 Å². The third-order valence-corrected chi connectivity index (χ3v) is 4.54. The molecule has 27 heavy (non-hydrogen) atoms. The number of nitrogens with zero attached hydrogens (tertiary/aromatic N) is 2. The summed E-state index contributed by atoms with van der Waals surface area (Å²) in [7, 11) is 0. The van der Waals surface area contributed by atoms with E-state index in [2.05, 4.69) is 10.3 Å². The van der Waals surface area contributed by atoms with Gasteiger partial charge in [0.2, 0.25) is 5.95 Å². The zero-order valence-corrected chi connectivity index (χ0v) is 14.7. The molecule has 0 saturated carbocycles. The highest BCUT2D eigenvalue weighted by molar-refractivity contribution is 5.78. The zero-order valence-electron chi connectivity index (χ0n) is 14.7. The fourth-order valence-corrected chi connectivity index (χ4v) is 3.16. The van der Waals surface area contributed by atoms with E-state index in [0.717, 1.165) is 16.6 Å². The average molecular weight is 361 g/mol. The smallest absolute Gasteiger partial charge is 0.204 e. The van der Waals surface area contributed by atoms with Crippen LogP contribution in [0.5, 0.6) is 0 Å². The number of aromatic nitrogens is 2. The fourth-order valence-electron chi connectivity index (χ4n) is 3.16. The van der Waals surface area contributed by atoms with Gasteiger partial charge in [-0.3, -0.25) is 0 Å². The molecule has 0 aliphatic carbocycles. The first-order valence-corrected chi connectivity index (χ1v) is 8.87. The van der Waals surface area contributed by atoms with Gasteiger partial charge in [-0.2, -0.15) is 0 Å². The number of hydrogen-bond acceptors (Lipinski definition) is 3. The summed E-state index contributed by atoms with van der Waals surface area (Å²) >= 11 is 0. The molecule has 2 N–H and O–H groups in total. The van der Waals surface area contributed by atoms with E-state index < -0.39 is 6.10 Å². The highest BCUT2D eigenvalue weighted by Crippen LogP contribution is 2.24. The van der Waals surface area contributed by atoms with Gasteiger partial charge in [0, 0.05) is 6.54 Å². The predicted molar refractivity (Wildman–Crippen MR) is 105 cm³/mol. The number of benzene rings is 3. The molecular weight excluding hydrogens is 341 g/mol. The number of aliphatic hydroxyl groups is 1. The molecular formula is C22H20FN3O. The number of nitrogens with one attached hydrogen (secondary N) is 1. The van der Waals surface area contributed by atoms with Crippen LogP contribution in [0.3, 0.4) is 0 Å². The number of imidazole rings is 1. The summed E-state index contributed by atoms with van der Waals surface area (Å²) in [4.78, 5) is 4.66. The van der Waals surface area contributed by atoms with E-state index in [0.29, 0.717) is 18.1 Å². The number of rotatable bonds is 6. The summed E-state index contributed by atoms with van der Waals surface area (Å²) in [5, 5.41) is 14.0. The molecule has 0 spiro atoms. The quantitative estimate of drug-likeness (QED) is 0.531. The number of fused-ring (bicyclic) bond motifs is 1. The number of hydrogen-bond donors (Lipinski definition) is 2. The lowest BCUT2D eigenvalue weighted by atomic mass is 10.1. The van der Waals surface area contributed by atoms with E-state index in [9.17, 15) is 9.50 Å². The lowest BCUT2D eigenvalue weighted by Crippen LogP contribution is -2.13. The van der Waals surface area contributed by atoms with Gasteiger partial charge in [0.1, 0.15) is 5.82 Å². The van der Waals surface area contributed by atoms with Crippen molar-refractivity contribution in [3.05, 3.63) is 95.8 Å². The second-order valence-corrected chi connectivity index (χ2v) is 6.44. The summed E-state index contributed by atoms with van der Waals surface area (Å²) in [5.41, 5.74) is 3.45. The Morgan fingerprint density at radius 2 is 1.74 bits per heavy atom. The lowest BCUT2D eigenvalue weighted by Gasteiger charge is -2.16. The molecule has 0 amide bonds. The molecule has 0 radical (unpaired) electrons. The summed E-state index contributed by atoms with van der Waals surface area (Å²) in [6, 6.07) is 23.9. The van der Waals surface area contributed by atoms with Crippen molar-refractivity contribution in [3.63, 3.8) is 0 Å². The normalized spacial score (nSPS) is 12.2. The van der Waals surface area contributed by atoms with E-state index in [4.69, 9.17) is 0 Å². The molecule has 5 heteroatoms. The van der Waals surface area contributed by atoms with Gasteiger partial charge in [-0.25, -0.2) is 9.37 Å². The molecule has 136 valence electrons. The first-order valence-electron chi connectivity index (χ1n) is 8.87. The lowest BCUT2D eigenvalue weighted by molar-refractivity contribution is 0.158. The summed E-state index contributed by atoms with van der Waals surface area (Å²) in [6.07, 6.45) is -0.837. The molecule has 1 aromatic heterocycles. The molecule has 4 nitrogen and oxygen atoms in total. The Bertz CT molecular complexity index is 1050. The second kappa shape index (κ2) is 7.60. The zero-order chi connectivity index (χ0) is 18.6. The fraction of sp³-hybridized carbons (Fsp3) is 0.136. The maximum absolute atomic E-state index is 13.5. The van der Waals surface area contributed by atoms with Crippen molar-refractivity contribution in [2.24, 2.45) is 0 Å². The van der Waals surface area contributed by atoms with Gasteiger partial charge in [-0.05, 0) is 35.4 Å². The molecule has 3 aromatic carbocycles. The number of halogens is 1. The van der Waals surface area contributed by atoms with Crippen LogP contribution in [0, 0.1) is 5.82 Å². The van der Waals surface area contributed by atoms with Crippen molar-refractivity contribution in [2.75, 3.05) is 5.32 Å². The topological polar surface area (TPSA) is 50.1 Å². The van der Waals surface area contributed by atoms with Gasteiger partial charge in [0.15, 0.2) is 0 Å². The first-order chi connectivity index (χ1) is 13.2. The Labute approximate surface area is 156 Å². The predicted octanol–water partition coefficient (Wildman–Crippen LogP) is 4.52. The second-order valence-electron chi connectivity index (χ2n) is 6.44. The highest BCUT2D eigenvalue weighted by Gasteiger charge is 2.16. The molecule has 1 atom stereocenters. The monoisotopic (exact) mass is 361 g/mol. The Hall–Kier alpha value is -3.18. The third-order valence-electron chi connectivity index (χ3n) is 4.54. The minimum atomic E-state index is -0.837. The summed E-state index contributed by atoms with van der Waals surface area (Å²) in [5.74, 6) is 0.319. The van der Waals surface area contributed by atoms with Crippen LogP contribution in [0.15, 0.2) is 78.9 Å². The molecule has 4 aromatic rings. The van der Waals surface area contributed by atoms with Crippen LogP contribution in [-0.2, 0) is 13.1 Å². The molecule has 0 aliphatic rings. The minimum absolute atomic E-state index is 0.279. The van der Waals surface area contributed by atoms with Crippen LogP contribution in [0.25, 0.3) is 11.0 Å². The molecule has 0 bridgehead atoms. The summed E-state index contributed by atoms with van der Waals surface area (Å²) < 4.78 is 15.4. The molecule has 1 heterocycles. The first kappa shape index (κ1) is 17.2.